The van der Waals surface area contributed by atoms with E-state index in [4.69, 9.17) is 4.74 Å². The molecule has 1 saturated heterocycles. The first-order chi connectivity index (χ1) is 14.6. The second kappa shape index (κ2) is 8.60. The van der Waals surface area contributed by atoms with Gasteiger partial charge in [-0.05, 0) is 36.4 Å². The molecule has 0 N–H and O–H groups in total. The fourth-order valence-electron chi connectivity index (χ4n) is 3.31. The number of pyridine rings is 1. The van der Waals surface area contributed by atoms with Crippen molar-refractivity contribution in [2.24, 2.45) is 0 Å². The molecule has 2 heterocycles. The SMILES string of the molecule is O=C(c1cccc(Oc2ccccc2)c1)N1CCN(c2ccc([N+](=O)[O-])cn2)CC1. The fraction of sp³-hybridized carbons (Fsp3) is 0.182. The maximum Gasteiger partial charge on any atom is 0.287 e. The van der Waals surface area contributed by atoms with Crippen LogP contribution >= 0.6 is 0 Å². The number of rotatable bonds is 5. The van der Waals surface area contributed by atoms with Crippen LogP contribution in [0.15, 0.2) is 72.9 Å². The van der Waals surface area contributed by atoms with E-state index in [1.807, 2.05) is 47.4 Å². The monoisotopic (exact) mass is 404 g/mol. The van der Waals surface area contributed by atoms with Gasteiger partial charge in [-0.1, -0.05) is 24.3 Å². The highest BCUT2D eigenvalue weighted by Crippen LogP contribution is 2.23. The van der Waals surface area contributed by atoms with E-state index >= 15 is 0 Å². The minimum absolute atomic E-state index is 0.0369. The van der Waals surface area contributed by atoms with E-state index in [9.17, 15) is 14.9 Å². The molecule has 8 nitrogen and oxygen atoms in total. The van der Waals surface area contributed by atoms with Crippen LogP contribution in [0.2, 0.25) is 0 Å². The number of carbonyl (C=O) groups is 1. The summed E-state index contributed by atoms with van der Waals surface area (Å²) in [7, 11) is 0. The van der Waals surface area contributed by atoms with Gasteiger partial charge in [0.05, 0.1) is 4.92 Å². The summed E-state index contributed by atoms with van der Waals surface area (Å²) in [6, 6.07) is 19.7. The van der Waals surface area contributed by atoms with E-state index in [1.165, 1.54) is 12.3 Å². The summed E-state index contributed by atoms with van der Waals surface area (Å²) in [5, 5.41) is 10.8. The molecular weight excluding hydrogens is 384 g/mol. The summed E-state index contributed by atoms with van der Waals surface area (Å²) in [6.45, 7) is 2.30. The second-order valence-corrected chi connectivity index (χ2v) is 6.85. The lowest BCUT2D eigenvalue weighted by Gasteiger charge is -2.35. The highest BCUT2D eigenvalue weighted by molar-refractivity contribution is 5.94. The van der Waals surface area contributed by atoms with Crippen LogP contribution in [0.5, 0.6) is 11.5 Å². The van der Waals surface area contributed by atoms with Crippen molar-refractivity contribution in [1.29, 1.82) is 0 Å². The Labute approximate surface area is 173 Å². The van der Waals surface area contributed by atoms with Gasteiger partial charge < -0.3 is 14.5 Å². The van der Waals surface area contributed by atoms with Gasteiger partial charge in [-0.2, -0.15) is 0 Å². The normalized spacial score (nSPS) is 13.7. The molecule has 0 atom stereocenters. The summed E-state index contributed by atoms with van der Waals surface area (Å²) in [5.41, 5.74) is 0.538. The molecular formula is C22H20N4O4. The van der Waals surface area contributed by atoms with Crippen LogP contribution in [-0.4, -0.2) is 46.9 Å². The molecule has 4 rings (SSSR count). The molecule has 0 spiro atoms. The summed E-state index contributed by atoms with van der Waals surface area (Å²) in [4.78, 5) is 31.2. The van der Waals surface area contributed by atoms with Crippen molar-refractivity contribution < 1.29 is 14.5 Å². The lowest BCUT2D eigenvalue weighted by atomic mass is 10.1. The van der Waals surface area contributed by atoms with Gasteiger partial charge in [-0.25, -0.2) is 4.98 Å². The quantitative estimate of drug-likeness (QED) is 0.475. The molecule has 8 heteroatoms. The number of carbonyl (C=O) groups excluding carboxylic acids is 1. The molecule has 1 aliphatic heterocycles. The summed E-state index contributed by atoms with van der Waals surface area (Å²) < 4.78 is 5.82. The second-order valence-electron chi connectivity index (χ2n) is 6.85. The predicted molar refractivity (Wildman–Crippen MR) is 112 cm³/mol. The topological polar surface area (TPSA) is 88.8 Å². The van der Waals surface area contributed by atoms with Crippen LogP contribution in [0.1, 0.15) is 10.4 Å². The van der Waals surface area contributed by atoms with Gasteiger partial charge in [0.2, 0.25) is 0 Å². The number of benzene rings is 2. The molecule has 0 aliphatic carbocycles. The van der Waals surface area contributed by atoms with Gasteiger partial charge >= 0.3 is 0 Å². The van der Waals surface area contributed by atoms with Gasteiger partial charge in [-0.3, -0.25) is 14.9 Å². The number of aromatic nitrogens is 1. The van der Waals surface area contributed by atoms with Crippen LogP contribution < -0.4 is 9.64 Å². The Morgan fingerprint density at radius 2 is 1.67 bits per heavy atom. The maximum absolute atomic E-state index is 12.9. The van der Waals surface area contributed by atoms with Crippen molar-refractivity contribution in [3.05, 3.63) is 88.6 Å². The summed E-state index contributed by atoms with van der Waals surface area (Å²) >= 11 is 0. The van der Waals surface area contributed by atoms with E-state index in [0.717, 1.165) is 0 Å². The molecule has 1 fully saturated rings. The Balaban J connectivity index is 1.38. The van der Waals surface area contributed by atoms with Gasteiger partial charge in [0.15, 0.2) is 0 Å². The van der Waals surface area contributed by atoms with E-state index in [-0.39, 0.29) is 11.6 Å². The Morgan fingerprint density at radius 1 is 0.933 bits per heavy atom. The fourth-order valence-corrected chi connectivity index (χ4v) is 3.31. The number of ether oxygens (including phenoxy) is 1. The smallest absolute Gasteiger partial charge is 0.287 e. The number of anilines is 1. The predicted octanol–water partition coefficient (Wildman–Crippen LogP) is 3.74. The van der Waals surface area contributed by atoms with Crippen molar-refractivity contribution in [2.45, 2.75) is 0 Å². The first-order valence-electron chi connectivity index (χ1n) is 9.58. The number of nitrogens with zero attached hydrogens (tertiary/aromatic N) is 4. The van der Waals surface area contributed by atoms with Crippen molar-refractivity contribution >= 4 is 17.4 Å². The van der Waals surface area contributed by atoms with Crippen molar-refractivity contribution in [1.82, 2.24) is 9.88 Å². The van der Waals surface area contributed by atoms with E-state index < -0.39 is 4.92 Å². The molecule has 30 heavy (non-hydrogen) atoms. The van der Waals surface area contributed by atoms with E-state index in [1.54, 1.807) is 23.1 Å². The Morgan fingerprint density at radius 3 is 2.33 bits per heavy atom. The first kappa shape index (κ1) is 19.4. The third-order valence-corrected chi connectivity index (χ3v) is 4.89. The highest BCUT2D eigenvalue weighted by Gasteiger charge is 2.23. The zero-order valence-electron chi connectivity index (χ0n) is 16.2. The van der Waals surface area contributed by atoms with Crippen LogP contribution in [0.25, 0.3) is 0 Å². The van der Waals surface area contributed by atoms with Crippen molar-refractivity contribution in [3.8, 4) is 11.5 Å². The minimum atomic E-state index is -0.469. The molecule has 1 aliphatic rings. The molecule has 2 aromatic carbocycles. The molecule has 0 radical (unpaired) electrons. The van der Waals surface area contributed by atoms with Crippen LogP contribution in [0.4, 0.5) is 11.5 Å². The molecule has 1 amide bonds. The number of para-hydroxylation sites is 1. The molecule has 0 saturated carbocycles. The molecule has 1 aromatic heterocycles. The third kappa shape index (κ3) is 4.38. The Bertz CT molecular complexity index is 1030. The third-order valence-electron chi connectivity index (χ3n) is 4.89. The Kier molecular flexibility index (Phi) is 5.56. The zero-order chi connectivity index (χ0) is 20.9. The average molecular weight is 404 g/mol. The minimum Gasteiger partial charge on any atom is -0.457 e. The number of piperazine rings is 1. The van der Waals surface area contributed by atoms with Gasteiger partial charge in [0, 0.05) is 37.8 Å². The molecule has 0 bridgehead atoms. The maximum atomic E-state index is 12.9. The van der Waals surface area contributed by atoms with Crippen LogP contribution in [0, 0.1) is 10.1 Å². The lowest BCUT2D eigenvalue weighted by Crippen LogP contribution is -2.49. The summed E-state index contributed by atoms with van der Waals surface area (Å²) in [5.74, 6) is 1.95. The van der Waals surface area contributed by atoms with Crippen molar-refractivity contribution in [2.75, 3.05) is 31.1 Å². The standard InChI is InChI=1S/C22H20N4O4/c27-22(17-5-4-8-20(15-17)30-19-6-2-1-3-7-19)25-13-11-24(12-14-25)21-10-9-18(16-23-21)26(28)29/h1-10,15-16H,11-14H2. The Hall–Kier alpha value is -3.94. The number of nitro groups is 1. The number of hydrogen-bond donors (Lipinski definition) is 0. The van der Waals surface area contributed by atoms with Crippen molar-refractivity contribution in [3.63, 3.8) is 0 Å². The zero-order valence-corrected chi connectivity index (χ0v) is 16.2. The van der Waals surface area contributed by atoms with Gasteiger partial charge in [0.25, 0.3) is 11.6 Å². The van der Waals surface area contributed by atoms with Gasteiger partial charge in [0.1, 0.15) is 23.5 Å². The number of hydrogen-bond acceptors (Lipinski definition) is 6. The largest absolute Gasteiger partial charge is 0.457 e. The molecule has 152 valence electrons. The first-order valence-corrected chi connectivity index (χ1v) is 9.58. The lowest BCUT2D eigenvalue weighted by molar-refractivity contribution is -0.385. The number of amides is 1. The molecule has 3 aromatic rings. The van der Waals surface area contributed by atoms with Gasteiger partial charge in [-0.15, -0.1) is 0 Å². The van der Waals surface area contributed by atoms with E-state index in [2.05, 4.69) is 4.98 Å². The summed E-state index contributed by atoms with van der Waals surface area (Å²) in [6.07, 6.45) is 1.26. The van der Waals surface area contributed by atoms with Crippen LogP contribution in [0.3, 0.4) is 0 Å². The van der Waals surface area contributed by atoms with Crippen LogP contribution in [-0.2, 0) is 0 Å². The van der Waals surface area contributed by atoms with E-state index in [0.29, 0.717) is 49.1 Å². The average Bonchev–Trinajstić information content (AvgIpc) is 2.80. The molecule has 0 unspecified atom stereocenters. The highest BCUT2D eigenvalue weighted by atomic mass is 16.6.